The number of amides is 1. The Labute approximate surface area is 124 Å². The first-order valence-corrected chi connectivity index (χ1v) is 6.73. The lowest BCUT2D eigenvalue weighted by molar-refractivity contribution is -0.137. The monoisotopic (exact) mass is 291 g/mol. The van der Waals surface area contributed by atoms with Crippen LogP contribution in [0.15, 0.2) is 24.3 Å². The van der Waals surface area contributed by atoms with Crippen molar-refractivity contribution in [3.8, 4) is 5.75 Å². The normalized spacial score (nSPS) is 10.6. The van der Waals surface area contributed by atoms with Crippen LogP contribution in [0.5, 0.6) is 5.75 Å². The van der Waals surface area contributed by atoms with Crippen LogP contribution in [-0.4, -0.2) is 42.6 Å². The van der Waals surface area contributed by atoms with Gasteiger partial charge in [0, 0.05) is 31.7 Å². The van der Waals surface area contributed by atoms with Gasteiger partial charge in [-0.3, -0.25) is 9.59 Å². The average molecular weight is 291 g/mol. The second kappa shape index (κ2) is 8.09. The predicted octanol–water partition coefficient (Wildman–Crippen LogP) is 2.34. The number of carboxylic acid groups (broad SMARTS) is 1. The van der Waals surface area contributed by atoms with Crippen LogP contribution in [0.3, 0.4) is 0 Å². The molecule has 1 aromatic rings. The summed E-state index contributed by atoms with van der Waals surface area (Å²) >= 11 is 0. The maximum absolute atomic E-state index is 11.9. The van der Waals surface area contributed by atoms with E-state index in [-0.39, 0.29) is 12.3 Å². The summed E-state index contributed by atoms with van der Waals surface area (Å²) in [5.74, 6) is -0.307. The molecule has 0 unspecified atom stereocenters. The molecule has 0 atom stereocenters. The summed E-state index contributed by atoms with van der Waals surface area (Å²) in [4.78, 5) is 23.9. The Bertz CT molecular complexity index is 537. The van der Waals surface area contributed by atoms with Crippen LogP contribution in [0, 0.1) is 6.92 Å². The molecule has 0 aliphatic carbocycles. The van der Waals surface area contributed by atoms with E-state index in [0.717, 1.165) is 11.1 Å². The highest BCUT2D eigenvalue weighted by atomic mass is 16.5. The smallest absolute Gasteiger partial charge is 0.303 e. The number of hydrogen-bond donors (Lipinski definition) is 1. The molecule has 0 radical (unpaired) electrons. The number of carbonyl (C=O) groups excluding carboxylic acids is 1. The summed E-state index contributed by atoms with van der Waals surface area (Å²) in [6.07, 6.45) is 3.69. The number of carboxylic acids is 1. The van der Waals surface area contributed by atoms with E-state index < -0.39 is 5.97 Å². The molecule has 5 heteroatoms. The van der Waals surface area contributed by atoms with E-state index in [0.29, 0.717) is 18.7 Å². The fourth-order valence-electron chi connectivity index (χ4n) is 1.85. The first-order valence-electron chi connectivity index (χ1n) is 6.73. The summed E-state index contributed by atoms with van der Waals surface area (Å²) in [6.45, 7) is 2.39. The Morgan fingerprint density at radius 3 is 2.71 bits per heavy atom. The topological polar surface area (TPSA) is 66.8 Å². The number of aliphatic carboxylic acids is 1. The van der Waals surface area contributed by atoms with Crippen LogP contribution in [-0.2, 0) is 9.59 Å². The van der Waals surface area contributed by atoms with Crippen molar-refractivity contribution >= 4 is 18.0 Å². The van der Waals surface area contributed by atoms with Crippen LogP contribution in [0.25, 0.3) is 6.08 Å². The zero-order chi connectivity index (χ0) is 15.8. The number of benzene rings is 1. The van der Waals surface area contributed by atoms with Gasteiger partial charge in [-0.05, 0) is 31.6 Å². The minimum absolute atomic E-state index is 0.0625. The standard InChI is InChI=1S/C16H21NO4/c1-12-6-8-14(21-3)13(11-12)7-9-15(18)17(2)10-4-5-16(19)20/h6-9,11H,4-5,10H2,1-3H3,(H,19,20)/b9-7+. The molecule has 1 aromatic carbocycles. The van der Waals surface area contributed by atoms with E-state index in [1.54, 1.807) is 20.2 Å². The number of likely N-dealkylation sites (N-methyl/N-ethyl adjacent to an activating group) is 1. The molecule has 1 amide bonds. The minimum atomic E-state index is -0.851. The second-order valence-electron chi connectivity index (χ2n) is 4.84. The highest BCUT2D eigenvalue weighted by Crippen LogP contribution is 2.21. The number of rotatable bonds is 7. The van der Waals surface area contributed by atoms with Gasteiger partial charge in [0.05, 0.1) is 7.11 Å². The van der Waals surface area contributed by atoms with Gasteiger partial charge >= 0.3 is 5.97 Å². The molecule has 21 heavy (non-hydrogen) atoms. The Kier molecular flexibility index (Phi) is 6.46. The molecule has 0 bridgehead atoms. The van der Waals surface area contributed by atoms with Crippen LogP contribution in [0.2, 0.25) is 0 Å². The van der Waals surface area contributed by atoms with Gasteiger partial charge in [0.25, 0.3) is 0 Å². The van der Waals surface area contributed by atoms with Crippen LogP contribution >= 0.6 is 0 Å². The summed E-state index contributed by atoms with van der Waals surface area (Å²) in [6, 6.07) is 5.74. The number of ether oxygens (including phenoxy) is 1. The Balaban J connectivity index is 2.65. The van der Waals surface area contributed by atoms with Gasteiger partial charge in [0.2, 0.25) is 5.91 Å². The highest BCUT2D eigenvalue weighted by molar-refractivity contribution is 5.92. The molecule has 5 nitrogen and oxygen atoms in total. The largest absolute Gasteiger partial charge is 0.496 e. The predicted molar refractivity (Wildman–Crippen MR) is 81.3 cm³/mol. The third kappa shape index (κ3) is 5.69. The second-order valence-corrected chi connectivity index (χ2v) is 4.84. The summed E-state index contributed by atoms with van der Waals surface area (Å²) in [7, 11) is 3.24. The zero-order valence-electron chi connectivity index (χ0n) is 12.6. The first-order chi connectivity index (χ1) is 9.93. The Morgan fingerprint density at radius 2 is 2.10 bits per heavy atom. The minimum Gasteiger partial charge on any atom is -0.496 e. The van der Waals surface area contributed by atoms with E-state index in [1.807, 2.05) is 25.1 Å². The van der Waals surface area contributed by atoms with Crippen molar-refractivity contribution in [3.63, 3.8) is 0 Å². The first kappa shape index (κ1) is 16.8. The molecule has 0 spiro atoms. The van der Waals surface area contributed by atoms with Gasteiger partial charge in [-0.25, -0.2) is 0 Å². The average Bonchev–Trinajstić information content (AvgIpc) is 2.44. The molecule has 0 heterocycles. The van der Waals surface area contributed by atoms with Gasteiger partial charge in [-0.1, -0.05) is 11.6 Å². The van der Waals surface area contributed by atoms with Gasteiger partial charge in [-0.15, -0.1) is 0 Å². The molecule has 1 N–H and O–H groups in total. The maximum Gasteiger partial charge on any atom is 0.303 e. The number of nitrogens with zero attached hydrogens (tertiary/aromatic N) is 1. The quantitative estimate of drug-likeness (QED) is 0.783. The van der Waals surface area contributed by atoms with Crippen LogP contribution < -0.4 is 4.74 Å². The molecule has 0 aromatic heterocycles. The van der Waals surface area contributed by atoms with E-state index >= 15 is 0 Å². The van der Waals surface area contributed by atoms with Crippen molar-refractivity contribution in [1.82, 2.24) is 4.90 Å². The van der Waals surface area contributed by atoms with E-state index in [1.165, 1.54) is 11.0 Å². The summed E-state index contributed by atoms with van der Waals surface area (Å²) in [5, 5.41) is 8.57. The maximum atomic E-state index is 11.9. The van der Waals surface area contributed by atoms with Crippen molar-refractivity contribution in [2.24, 2.45) is 0 Å². The van der Waals surface area contributed by atoms with Crippen molar-refractivity contribution < 1.29 is 19.4 Å². The molecule has 0 saturated carbocycles. The molecule has 0 fully saturated rings. The SMILES string of the molecule is COc1ccc(C)cc1/C=C/C(=O)N(C)CCCC(=O)O. The van der Waals surface area contributed by atoms with Gasteiger partial charge in [0.1, 0.15) is 5.75 Å². The number of methoxy groups -OCH3 is 1. The van der Waals surface area contributed by atoms with Crippen molar-refractivity contribution in [1.29, 1.82) is 0 Å². The van der Waals surface area contributed by atoms with Gasteiger partial charge in [-0.2, -0.15) is 0 Å². The molecule has 0 aliphatic rings. The van der Waals surface area contributed by atoms with Crippen molar-refractivity contribution in [3.05, 3.63) is 35.4 Å². The van der Waals surface area contributed by atoms with Crippen molar-refractivity contribution in [2.45, 2.75) is 19.8 Å². The van der Waals surface area contributed by atoms with E-state index in [9.17, 15) is 9.59 Å². The molecule has 0 aliphatic heterocycles. The van der Waals surface area contributed by atoms with Gasteiger partial charge in [0.15, 0.2) is 0 Å². The lowest BCUT2D eigenvalue weighted by Gasteiger charge is -2.14. The molecule has 114 valence electrons. The summed E-state index contributed by atoms with van der Waals surface area (Å²) < 4.78 is 5.24. The highest BCUT2D eigenvalue weighted by Gasteiger charge is 2.07. The lowest BCUT2D eigenvalue weighted by Crippen LogP contribution is -2.26. The Morgan fingerprint density at radius 1 is 1.38 bits per heavy atom. The molecule has 1 rings (SSSR count). The Hall–Kier alpha value is -2.30. The van der Waals surface area contributed by atoms with Gasteiger partial charge < -0.3 is 14.7 Å². The van der Waals surface area contributed by atoms with E-state index in [4.69, 9.17) is 9.84 Å². The van der Waals surface area contributed by atoms with E-state index in [2.05, 4.69) is 0 Å². The lowest BCUT2D eigenvalue weighted by atomic mass is 10.1. The molecule has 0 saturated heterocycles. The third-order valence-corrected chi connectivity index (χ3v) is 3.05. The fraction of sp³-hybridized carbons (Fsp3) is 0.375. The number of carbonyl (C=O) groups is 2. The van der Waals surface area contributed by atoms with Crippen LogP contribution in [0.1, 0.15) is 24.0 Å². The summed E-state index contributed by atoms with van der Waals surface area (Å²) in [5.41, 5.74) is 1.92. The number of aryl methyl sites for hydroxylation is 1. The van der Waals surface area contributed by atoms with Crippen LogP contribution in [0.4, 0.5) is 0 Å². The molecular weight excluding hydrogens is 270 g/mol. The van der Waals surface area contributed by atoms with Crippen molar-refractivity contribution in [2.75, 3.05) is 20.7 Å². The zero-order valence-corrected chi connectivity index (χ0v) is 12.6. The number of hydrogen-bond acceptors (Lipinski definition) is 3. The fourth-order valence-corrected chi connectivity index (χ4v) is 1.85. The third-order valence-electron chi connectivity index (χ3n) is 3.05. The molecular formula is C16H21NO4.